The van der Waals surface area contributed by atoms with Crippen LogP contribution >= 0.6 is 11.6 Å². The molecule has 0 heterocycles. The number of halogens is 1. The smallest absolute Gasteiger partial charge is 0.315 e. The average molecular weight is 271 g/mol. The lowest BCUT2D eigenvalue weighted by Gasteiger charge is -2.18. The molecule has 0 fully saturated rings. The zero-order chi connectivity index (χ0) is 13.4. The number of hydrogen-bond donors (Lipinski definition) is 2. The topological polar surface area (TPSA) is 50.4 Å². The Labute approximate surface area is 113 Å². The lowest BCUT2D eigenvalue weighted by molar-refractivity contribution is 0.195. The van der Waals surface area contributed by atoms with Crippen molar-refractivity contribution in [2.75, 3.05) is 20.3 Å². The number of ether oxygens (including phenoxy) is 1. The van der Waals surface area contributed by atoms with E-state index in [1.54, 1.807) is 7.11 Å². The van der Waals surface area contributed by atoms with Gasteiger partial charge in [-0.05, 0) is 24.1 Å². The minimum atomic E-state index is -0.186. The second kappa shape index (κ2) is 7.95. The number of benzene rings is 1. The molecule has 0 saturated carbocycles. The quantitative estimate of drug-likeness (QED) is 0.781. The van der Waals surface area contributed by atoms with Gasteiger partial charge in [-0.15, -0.1) is 0 Å². The maximum Gasteiger partial charge on any atom is 0.315 e. The van der Waals surface area contributed by atoms with Crippen LogP contribution in [0.15, 0.2) is 24.3 Å². The van der Waals surface area contributed by atoms with Crippen molar-refractivity contribution in [2.24, 2.45) is 0 Å². The van der Waals surface area contributed by atoms with Crippen molar-refractivity contribution in [3.05, 3.63) is 34.9 Å². The van der Waals surface area contributed by atoms with Gasteiger partial charge in [-0.3, -0.25) is 0 Å². The molecule has 0 unspecified atom stereocenters. The van der Waals surface area contributed by atoms with Crippen molar-refractivity contribution in [1.82, 2.24) is 10.6 Å². The molecule has 0 bridgehead atoms. The summed E-state index contributed by atoms with van der Waals surface area (Å²) < 4.78 is 4.86. The summed E-state index contributed by atoms with van der Waals surface area (Å²) in [6, 6.07) is 7.30. The third-order valence-electron chi connectivity index (χ3n) is 2.58. The second-order valence-electron chi connectivity index (χ2n) is 3.91. The SMILES string of the molecule is CC[C@@H](NC(=O)NCCOC)c1ccc(Cl)cc1. The summed E-state index contributed by atoms with van der Waals surface area (Å²) >= 11 is 5.84. The van der Waals surface area contributed by atoms with E-state index in [2.05, 4.69) is 10.6 Å². The van der Waals surface area contributed by atoms with Gasteiger partial charge in [0.1, 0.15) is 0 Å². The highest BCUT2D eigenvalue weighted by Gasteiger charge is 2.11. The Bertz CT molecular complexity index is 368. The summed E-state index contributed by atoms with van der Waals surface area (Å²) in [6.07, 6.45) is 0.819. The van der Waals surface area contributed by atoms with Crippen LogP contribution in [0, 0.1) is 0 Å². The number of methoxy groups -OCH3 is 1. The van der Waals surface area contributed by atoms with Gasteiger partial charge >= 0.3 is 6.03 Å². The summed E-state index contributed by atoms with van der Waals surface area (Å²) in [6.45, 7) is 3.03. The van der Waals surface area contributed by atoms with Crippen LogP contribution in [0.2, 0.25) is 5.02 Å². The van der Waals surface area contributed by atoms with E-state index in [1.807, 2.05) is 31.2 Å². The van der Waals surface area contributed by atoms with E-state index < -0.39 is 0 Å². The molecule has 1 atom stereocenters. The number of hydrogen-bond acceptors (Lipinski definition) is 2. The van der Waals surface area contributed by atoms with E-state index in [0.717, 1.165) is 12.0 Å². The summed E-state index contributed by atoms with van der Waals surface area (Å²) in [7, 11) is 1.60. The normalized spacial score (nSPS) is 11.9. The molecule has 1 aromatic rings. The molecule has 100 valence electrons. The zero-order valence-electron chi connectivity index (χ0n) is 10.7. The Morgan fingerprint density at radius 3 is 2.61 bits per heavy atom. The molecule has 0 aromatic heterocycles. The number of carbonyl (C=O) groups is 1. The lowest BCUT2D eigenvalue weighted by Crippen LogP contribution is -2.39. The van der Waals surface area contributed by atoms with E-state index in [9.17, 15) is 4.79 Å². The summed E-state index contributed by atoms with van der Waals surface area (Å²) in [5.74, 6) is 0. The lowest BCUT2D eigenvalue weighted by atomic mass is 10.1. The number of rotatable bonds is 6. The third-order valence-corrected chi connectivity index (χ3v) is 2.83. The predicted octanol–water partition coefficient (Wildman–Crippen LogP) is 2.74. The highest BCUT2D eigenvalue weighted by Crippen LogP contribution is 2.18. The van der Waals surface area contributed by atoms with Gasteiger partial charge in [-0.25, -0.2) is 4.79 Å². The van der Waals surface area contributed by atoms with Gasteiger partial charge in [-0.1, -0.05) is 30.7 Å². The van der Waals surface area contributed by atoms with Crippen LogP contribution in [-0.2, 0) is 4.74 Å². The minimum Gasteiger partial charge on any atom is -0.383 e. The maximum atomic E-state index is 11.6. The molecular weight excluding hydrogens is 252 g/mol. The molecule has 0 aliphatic heterocycles. The molecular formula is C13H19ClN2O2. The van der Waals surface area contributed by atoms with Crippen molar-refractivity contribution < 1.29 is 9.53 Å². The van der Waals surface area contributed by atoms with Crippen LogP contribution in [0.25, 0.3) is 0 Å². The Morgan fingerprint density at radius 1 is 1.39 bits per heavy atom. The third kappa shape index (κ3) is 4.94. The van der Waals surface area contributed by atoms with Gasteiger partial charge in [0.25, 0.3) is 0 Å². The molecule has 0 spiro atoms. The second-order valence-corrected chi connectivity index (χ2v) is 4.34. The van der Waals surface area contributed by atoms with Gasteiger partial charge in [0.2, 0.25) is 0 Å². The number of amides is 2. The monoisotopic (exact) mass is 270 g/mol. The molecule has 0 radical (unpaired) electrons. The maximum absolute atomic E-state index is 11.6. The highest BCUT2D eigenvalue weighted by molar-refractivity contribution is 6.30. The van der Waals surface area contributed by atoms with E-state index in [4.69, 9.17) is 16.3 Å². The van der Waals surface area contributed by atoms with Crippen LogP contribution in [0.3, 0.4) is 0 Å². The first-order valence-electron chi connectivity index (χ1n) is 5.96. The fourth-order valence-electron chi connectivity index (χ4n) is 1.59. The van der Waals surface area contributed by atoms with Crippen LogP contribution in [0.1, 0.15) is 24.9 Å². The van der Waals surface area contributed by atoms with Gasteiger partial charge in [0.05, 0.1) is 12.6 Å². The van der Waals surface area contributed by atoms with Crippen molar-refractivity contribution in [2.45, 2.75) is 19.4 Å². The molecule has 2 N–H and O–H groups in total. The Kier molecular flexibility index (Phi) is 6.54. The first-order valence-corrected chi connectivity index (χ1v) is 6.34. The fourth-order valence-corrected chi connectivity index (χ4v) is 1.72. The van der Waals surface area contributed by atoms with E-state index in [0.29, 0.717) is 18.2 Å². The van der Waals surface area contributed by atoms with Crippen LogP contribution < -0.4 is 10.6 Å². The molecule has 4 nitrogen and oxygen atoms in total. The fraction of sp³-hybridized carbons (Fsp3) is 0.462. The average Bonchev–Trinajstić information content (AvgIpc) is 2.37. The molecule has 0 aliphatic rings. The van der Waals surface area contributed by atoms with Crippen molar-refractivity contribution in [1.29, 1.82) is 0 Å². The summed E-state index contributed by atoms with van der Waals surface area (Å²) in [5, 5.41) is 6.33. The van der Waals surface area contributed by atoms with E-state index in [-0.39, 0.29) is 12.1 Å². The molecule has 0 aliphatic carbocycles. The first-order chi connectivity index (χ1) is 8.67. The Balaban J connectivity index is 2.51. The van der Waals surface area contributed by atoms with E-state index >= 15 is 0 Å². The molecule has 0 saturated heterocycles. The number of carbonyl (C=O) groups excluding carboxylic acids is 1. The predicted molar refractivity (Wildman–Crippen MR) is 72.9 cm³/mol. The van der Waals surface area contributed by atoms with Gasteiger partial charge < -0.3 is 15.4 Å². The van der Waals surface area contributed by atoms with Crippen molar-refractivity contribution in [3.63, 3.8) is 0 Å². The summed E-state index contributed by atoms with van der Waals surface area (Å²) in [4.78, 5) is 11.6. The largest absolute Gasteiger partial charge is 0.383 e. The minimum absolute atomic E-state index is 0.00943. The molecule has 18 heavy (non-hydrogen) atoms. The van der Waals surface area contributed by atoms with Crippen LogP contribution in [0.4, 0.5) is 4.79 Å². The summed E-state index contributed by atoms with van der Waals surface area (Å²) in [5.41, 5.74) is 1.05. The number of nitrogens with one attached hydrogen (secondary N) is 2. The Hall–Kier alpha value is -1.26. The van der Waals surface area contributed by atoms with Crippen LogP contribution in [-0.4, -0.2) is 26.3 Å². The van der Waals surface area contributed by atoms with Gasteiger partial charge in [0.15, 0.2) is 0 Å². The zero-order valence-corrected chi connectivity index (χ0v) is 11.5. The number of urea groups is 1. The highest BCUT2D eigenvalue weighted by atomic mass is 35.5. The molecule has 5 heteroatoms. The first kappa shape index (κ1) is 14.8. The van der Waals surface area contributed by atoms with E-state index in [1.165, 1.54) is 0 Å². The Morgan fingerprint density at radius 2 is 2.06 bits per heavy atom. The van der Waals surface area contributed by atoms with Gasteiger partial charge in [0, 0.05) is 18.7 Å². The van der Waals surface area contributed by atoms with Crippen molar-refractivity contribution in [3.8, 4) is 0 Å². The van der Waals surface area contributed by atoms with Crippen LogP contribution in [0.5, 0.6) is 0 Å². The van der Waals surface area contributed by atoms with Gasteiger partial charge in [-0.2, -0.15) is 0 Å². The molecule has 1 rings (SSSR count). The molecule has 1 aromatic carbocycles. The molecule has 2 amide bonds. The standard InChI is InChI=1S/C13H19ClN2O2/c1-3-12(10-4-6-11(14)7-5-10)16-13(17)15-8-9-18-2/h4-7,12H,3,8-9H2,1-2H3,(H2,15,16,17)/t12-/m1/s1. The van der Waals surface area contributed by atoms with Crippen molar-refractivity contribution >= 4 is 17.6 Å².